The monoisotopic (exact) mass is 234 g/mol. The summed E-state index contributed by atoms with van der Waals surface area (Å²) in [5.74, 6) is 0.691. The number of sulfone groups is 1. The van der Waals surface area contributed by atoms with E-state index in [1.54, 1.807) is 0 Å². The molecule has 15 heavy (non-hydrogen) atoms. The zero-order valence-electron chi connectivity index (χ0n) is 10.1. The summed E-state index contributed by atoms with van der Waals surface area (Å²) in [6, 6.07) is 0.451. The van der Waals surface area contributed by atoms with Gasteiger partial charge in [0.1, 0.15) is 0 Å². The summed E-state index contributed by atoms with van der Waals surface area (Å²) in [5, 5.41) is 0. The van der Waals surface area contributed by atoms with Crippen molar-refractivity contribution < 1.29 is 8.42 Å². The molecule has 0 aliphatic carbocycles. The smallest absolute Gasteiger partial charge is 0.153 e. The van der Waals surface area contributed by atoms with Crippen LogP contribution in [-0.4, -0.2) is 69.0 Å². The zero-order valence-corrected chi connectivity index (χ0v) is 10.9. The second-order valence-electron chi connectivity index (χ2n) is 4.17. The van der Waals surface area contributed by atoms with Gasteiger partial charge in [-0.3, -0.25) is 9.80 Å². The molecule has 0 N–H and O–H groups in total. The van der Waals surface area contributed by atoms with Crippen molar-refractivity contribution in [2.45, 2.75) is 25.9 Å². The number of nitrogens with zero attached hydrogens (tertiary/aromatic N) is 2. The molecule has 0 radical (unpaired) electrons. The van der Waals surface area contributed by atoms with E-state index in [4.69, 9.17) is 0 Å². The molecule has 0 saturated carbocycles. The summed E-state index contributed by atoms with van der Waals surface area (Å²) in [4.78, 5) is 4.35. The van der Waals surface area contributed by atoms with E-state index in [0.717, 1.165) is 13.1 Å². The van der Waals surface area contributed by atoms with Gasteiger partial charge in [0.25, 0.3) is 0 Å². The van der Waals surface area contributed by atoms with Gasteiger partial charge in [0.05, 0.1) is 11.5 Å². The lowest BCUT2D eigenvalue weighted by molar-refractivity contribution is 0.0831. The summed E-state index contributed by atoms with van der Waals surface area (Å²) < 4.78 is 22.9. The molecular weight excluding hydrogens is 212 g/mol. The van der Waals surface area contributed by atoms with E-state index in [1.165, 1.54) is 0 Å². The first-order valence-electron chi connectivity index (χ1n) is 5.60. The van der Waals surface area contributed by atoms with Crippen LogP contribution in [0.1, 0.15) is 13.8 Å². The largest absolute Gasteiger partial charge is 0.300 e. The Morgan fingerprint density at radius 3 is 1.60 bits per heavy atom. The fraction of sp³-hybridized carbons (Fsp3) is 1.00. The molecule has 2 rings (SSSR count). The van der Waals surface area contributed by atoms with E-state index in [2.05, 4.69) is 9.80 Å². The van der Waals surface area contributed by atoms with Gasteiger partial charge in [0.2, 0.25) is 0 Å². The minimum absolute atomic E-state index is 0.226. The van der Waals surface area contributed by atoms with Crippen molar-refractivity contribution in [2.24, 2.45) is 0 Å². The SMILES string of the molecule is CC.CN1CCN(C)[C@H]2CS(=O)(=O)C[C@H]21. The highest BCUT2D eigenvalue weighted by Crippen LogP contribution is 2.24. The third-order valence-corrected chi connectivity index (χ3v) is 4.93. The first-order valence-corrected chi connectivity index (χ1v) is 7.43. The zero-order chi connectivity index (χ0) is 11.6. The molecule has 2 aliphatic heterocycles. The van der Waals surface area contributed by atoms with Crippen LogP contribution in [0, 0.1) is 0 Å². The van der Waals surface area contributed by atoms with Crippen molar-refractivity contribution in [2.75, 3.05) is 38.7 Å². The summed E-state index contributed by atoms with van der Waals surface area (Å²) in [5.41, 5.74) is 0. The van der Waals surface area contributed by atoms with E-state index in [0.29, 0.717) is 11.5 Å². The molecule has 90 valence electrons. The molecule has 4 nitrogen and oxygen atoms in total. The van der Waals surface area contributed by atoms with Crippen molar-refractivity contribution in [3.8, 4) is 0 Å². The lowest BCUT2D eigenvalue weighted by atomic mass is 10.1. The van der Waals surface area contributed by atoms with Crippen LogP contribution in [0.4, 0.5) is 0 Å². The minimum atomic E-state index is -2.78. The molecule has 5 heteroatoms. The molecule has 2 saturated heterocycles. The van der Waals surface area contributed by atoms with E-state index >= 15 is 0 Å². The van der Waals surface area contributed by atoms with Crippen molar-refractivity contribution >= 4 is 9.84 Å². The lowest BCUT2D eigenvalue weighted by Gasteiger charge is -2.40. The maximum atomic E-state index is 11.4. The molecule has 0 aromatic rings. The van der Waals surface area contributed by atoms with Crippen LogP contribution >= 0.6 is 0 Å². The second kappa shape index (κ2) is 4.80. The molecule has 0 spiro atoms. The van der Waals surface area contributed by atoms with E-state index in [1.807, 2.05) is 27.9 Å². The Bertz CT molecular complexity index is 279. The fourth-order valence-corrected chi connectivity index (χ4v) is 4.43. The van der Waals surface area contributed by atoms with Crippen LogP contribution in [-0.2, 0) is 9.84 Å². The van der Waals surface area contributed by atoms with Gasteiger partial charge in [-0.15, -0.1) is 0 Å². The molecule has 2 fully saturated rings. The molecular formula is C10H22N2O2S. The Labute approximate surface area is 93.2 Å². The fourth-order valence-electron chi connectivity index (χ4n) is 2.30. The van der Waals surface area contributed by atoms with Crippen molar-refractivity contribution in [1.82, 2.24) is 9.80 Å². The van der Waals surface area contributed by atoms with Crippen molar-refractivity contribution in [3.05, 3.63) is 0 Å². The Morgan fingerprint density at radius 2 is 1.27 bits per heavy atom. The van der Waals surface area contributed by atoms with E-state index in [9.17, 15) is 8.42 Å². The molecule has 0 aromatic heterocycles. The third kappa shape index (κ3) is 2.71. The standard InChI is InChI=1S/C8H16N2O2S.C2H6/c1-9-3-4-10(2)8-6-13(11,12)5-7(8)9;1-2/h7-8H,3-6H2,1-2H3;1-2H3/t7-,8+;. The molecule has 0 unspecified atom stereocenters. The first-order chi connectivity index (χ1) is 6.99. The third-order valence-electron chi connectivity index (χ3n) is 3.23. The van der Waals surface area contributed by atoms with Gasteiger partial charge in [0.15, 0.2) is 9.84 Å². The van der Waals surface area contributed by atoms with Gasteiger partial charge >= 0.3 is 0 Å². The molecule has 2 atom stereocenters. The number of piperazine rings is 1. The molecule has 0 aromatic carbocycles. The number of likely N-dealkylation sites (N-methyl/N-ethyl adjacent to an activating group) is 2. The summed E-state index contributed by atoms with van der Waals surface area (Å²) >= 11 is 0. The van der Waals surface area contributed by atoms with Gasteiger partial charge in [-0.2, -0.15) is 0 Å². The Morgan fingerprint density at radius 1 is 0.933 bits per heavy atom. The lowest BCUT2D eigenvalue weighted by Crippen LogP contribution is -2.56. The van der Waals surface area contributed by atoms with Crippen molar-refractivity contribution in [1.29, 1.82) is 0 Å². The predicted octanol–water partition coefficient (Wildman–Crippen LogP) is 0.0554. The van der Waals surface area contributed by atoms with Gasteiger partial charge in [-0.05, 0) is 14.1 Å². The van der Waals surface area contributed by atoms with Crippen LogP contribution < -0.4 is 0 Å². The molecule has 2 heterocycles. The molecule has 2 aliphatic rings. The van der Waals surface area contributed by atoms with Gasteiger partial charge in [-0.25, -0.2) is 8.42 Å². The normalized spacial score (nSPS) is 35.5. The van der Waals surface area contributed by atoms with E-state index < -0.39 is 9.84 Å². The highest BCUT2D eigenvalue weighted by atomic mass is 32.2. The topological polar surface area (TPSA) is 40.6 Å². The number of hydrogen-bond acceptors (Lipinski definition) is 4. The quantitative estimate of drug-likeness (QED) is 0.594. The Balaban J connectivity index is 0.000000531. The van der Waals surface area contributed by atoms with Gasteiger partial charge < -0.3 is 0 Å². The van der Waals surface area contributed by atoms with Gasteiger partial charge in [0, 0.05) is 25.2 Å². The highest BCUT2D eigenvalue weighted by Gasteiger charge is 2.43. The highest BCUT2D eigenvalue weighted by molar-refractivity contribution is 7.91. The van der Waals surface area contributed by atoms with Crippen LogP contribution in [0.2, 0.25) is 0 Å². The number of hydrogen-bond donors (Lipinski definition) is 0. The maximum absolute atomic E-state index is 11.4. The average molecular weight is 234 g/mol. The Kier molecular flexibility index (Phi) is 4.14. The molecule has 0 amide bonds. The minimum Gasteiger partial charge on any atom is -0.300 e. The number of rotatable bonds is 0. The molecule has 0 bridgehead atoms. The van der Waals surface area contributed by atoms with Gasteiger partial charge in [-0.1, -0.05) is 13.8 Å². The Hall–Kier alpha value is -0.130. The first kappa shape index (κ1) is 12.9. The average Bonchev–Trinajstić information content (AvgIpc) is 2.52. The summed E-state index contributed by atoms with van der Waals surface area (Å²) in [7, 11) is 1.26. The van der Waals surface area contributed by atoms with Crippen LogP contribution in [0.5, 0.6) is 0 Å². The van der Waals surface area contributed by atoms with Crippen LogP contribution in [0.25, 0.3) is 0 Å². The summed E-state index contributed by atoms with van der Waals surface area (Å²) in [6.45, 7) is 5.96. The van der Waals surface area contributed by atoms with Crippen molar-refractivity contribution in [3.63, 3.8) is 0 Å². The predicted molar refractivity (Wildman–Crippen MR) is 62.8 cm³/mol. The summed E-state index contributed by atoms with van der Waals surface area (Å²) in [6.07, 6.45) is 0. The number of fused-ring (bicyclic) bond motifs is 1. The maximum Gasteiger partial charge on any atom is 0.153 e. The second-order valence-corrected chi connectivity index (χ2v) is 6.33. The van der Waals surface area contributed by atoms with E-state index in [-0.39, 0.29) is 12.1 Å². The van der Waals surface area contributed by atoms with Crippen LogP contribution in [0.15, 0.2) is 0 Å². The van der Waals surface area contributed by atoms with Crippen LogP contribution in [0.3, 0.4) is 0 Å².